The van der Waals surface area contributed by atoms with Crippen LogP contribution in [0.25, 0.3) is 0 Å². The van der Waals surface area contributed by atoms with E-state index in [1.807, 2.05) is 0 Å². The Bertz CT molecular complexity index is 210. The van der Waals surface area contributed by atoms with Crippen LogP contribution in [0.4, 0.5) is 6.01 Å². The highest BCUT2D eigenvalue weighted by atomic mass is 16.4. The minimum absolute atomic E-state index is 0.0721. The first-order valence-corrected chi connectivity index (χ1v) is 3.66. The van der Waals surface area contributed by atoms with E-state index in [1.54, 1.807) is 0 Å². The van der Waals surface area contributed by atoms with Crippen LogP contribution in [0.3, 0.4) is 0 Å². The Morgan fingerprint density at radius 1 is 1.73 bits per heavy atom. The third-order valence-corrected chi connectivity index (χ3v) is 1.24. The Balaban J connectivity index is 2.44. The number of aliphatic hydroxyl groups excluding tert-OH is 1. The fourth-order valence-corrected chi connectivity index (χ4v) is 0.693. The first-order chi connectivity index (χ1) is 5.36. The van der Waals surface area contributed by atoms with Crippen molar-refractivity contribution in [1.29, 1.82) is 0 Å². The molecule has 0 bridgehead atoms. The maximum atomic E-state index is 8.63. The Hall–Kier alpha value is -1.03. The van der Waals surface area contributed by atoms with E-state index in [1.165, 1.54) is 6.26 Å². The minimum Gasteiger partial charge on any atom is -0.432 e. The molecule has 62 valence electrons. The summed E-state index contributed by atoms with van der Waals surface area (Å²) in [5.74, 6) is 0. The molecule has 1 rings (SSSR count). The Morgan fingerprint density at radius 3 is 3.09 bits per heavy atom. The van der Waals surface area contributed by atoms with Gasteiger partial charge in [0, 0.05) is 6.54 Å². The first kappa shape index (κ1) is 8.07. The maximum absolute atomic E-state index is 8.63. The average Bonchev–Trinajstić information content (AvgIpc) is 2.48. The molecule has 4 heteroatoms. The van der Waals surface area contributed by atoms with Crippen molar-refractivity contribution in [2.24, 2.45) is 0 Å². The summed E-state index contributed by atoms with van der Waals surface area (Å²) in [6, 6.07) is 0.482. The summed E-state index contributed by atoms with van der Waals surface area (Å²) in [5, 5.41) is 11.6. The minimum atomic E-state index is -0.0721. The molecule has 0 atom stereocenters. The van der Waals surface area contributed by atoms with Crippen LogP contribution in [-0.2, 0) is 6.61 Å². The van der Waals surface area contributed by atoms with Gasteiger partial charge in [0.2, 0.25) is 0 Å². The van der Waals surface area contributed by atoms with E-state index in [0.29, 0.717) is 11.7 Å². The van der Waals surface area contributed by atoms with Crippen LogP contribution in [0.1, 0.15) is 19.0 Å². The van der Waals surface area contributed by atoms with Gasteiger partial charge in [0.25, 0.3) is 6.01 Å². The van der Waals surface area contributed by atoms with Crippen molar-refractivity contribution in [1.82, 2.24) is 4.98 Å². The number of oxazole rings is 1. The number of nitrogens with one attached hydrogen (secondary N) is 1. The zero-order valence-corrected chi connectivity index (χ0v) is 6.50. The zero-order valence-electron chi connectivity index (χ0n) is 6.50. The Labute approximate surface area is 65.2 Å². The van der Waals surface area contributed by atoms with Crippen LogP contribution >= 0.6 is 0 Å². The highest BCUT2D eigenvalue weighted by molar-refractivity contribution is 5.20. The molecular weight excluding hydrogens is 144 g/mol. The number of rotatable bonds is 4. The predicted molar refractivity (Wildman–Crippen MR) is 41.2 cm³/mol. The monoisotopic (exact) mass is 156 g/mol. The molecule has 1 heterocycles. The fraction of sp³-hybridized carbons (Fsp3) is 0.571. The SMILES string of the molecule is CCCNc1nc(CO)co1. The van der Waals surface area contributed by atoms with Gasteiger partial charge in [0.05, 0.1) is 6.61 Å². The average molecular weight is 156 g/mol. The number of aromatic nitrogens is 1. The molecule has 0 spiro atoms. The van der Waals surface area contributed by atoms with Crippen LogP contribution < -0.4 is 5.32 Å². The van der Waals surface area contributed by atoms with Gasteiger partial charge >= 0.3 is 0 Å². The van der Waals surface area contributed by atoms with Crippen molar-refractivity contribution in [3.63, 3.8) is 0 Å². The van der Waals surface area contributed by atoms with Crippen LogP contribution in [0.2, 0.25) is 0 Å². The molecule has 1 aromatic heterocycles. The second kappa shape index (κ2) is 3.98. The number of anilines is 1. The normalized spacial score (nSPS) is 10.0. The van der Waals surface area contributed by atoms with E-state index < -0.39 is 0 Å². The Kier molecular flexibility index (Phi) is 2.92. The fourth-order valence-electron chi connectivity index (χ4n) is 0.693. The summed E-state index contributed by atoms with van der Waals surface area (Å²) in [7, 11) is 0. The maximum Gasteiger partial charge on any atom is 0.294 e. The van der Waals surface area contributed by atoms with Gasteiger partial charge in [0.1, 0.15) is 12.0 Å². The van der Waals surface area contributed by atoms with Crippen molar-refractivity contribution in [3.8, 4) is 0 Å². The van der Waals surface area contributed by atoms with Gasteiger partial charge in [0.15, 0.2) is 0 Å². The summed E-state index contributed by atoms with van der Waals surface area (Å²) in [6.07, 6.45) is 2.47. The van der Waals surface area contributed by atoms with Gasteiger partial charge in [-0.2, -0.15) is 4.98 Å². The molecule has 0 aliphatic heterocycles. The summed E-state index contributed by atoms with van der Waals surface area (Å²) >= 11 is 0. The van der Waals surface area contributed by atoms with Gasteiger partial charge in [-0.1, -0.05) is 6.92 Å². The first-order valence-electron chi connectivity index (χ1n) is 3.66. The summed E-state index contributed by atoms with van der Waals surface area (Å²) < 4.78 is 4.98. The van der Waals surface area contributed by atoms with E-state index in [2.05, 4.69) is 17.2 Å². The van der Waals surface area contributed by atoms with Gasteiger partial charge in [-0.25, -0.2) is 0 Å². The highest BCUT2D eigenvalue weighted by Crippen LogP contribution is 2.06. The smallest absolute Gasteiger partial charge is 0.294 e. The molecule has 0 amide bonds. The molecule has 0 unspecified atom stereocenters. The second-order valence-electron chi connectivity index (χ2n) is 2.23. The predicted octanol–water partition coefficient (Wildman–Crippen LogP) is 0.989. The third kappa shape index (κ3) is 2.23. The van der Waals surface area contributed by atoms with E-state index in [-0.39, 0.29) is 6.61 Å². The van der Waals surface area contributed by atoms with E-state index >= 15 is 0 Å². The molecule has 0 aliphatic carbocycles. The van der Waals surface area contributed by atoms with Crippen molar-refractivity contribution < 1.29 is 9.52 Å². The van der Waals surface area contributed by atoms with Crippen molar-refractivity contribution in [3.05, 3.63) is 12.0 Å². The lowest BCUT2D eigenvalue weighted by Gasteiger charge is -1.94. The van der Waals surface area contributed by atoms with Gasteiger partial charge < -0.3 is 14.8 Å². The molecule has 0 saturated carbocycles. The van der Waals surface area contributed by atoms with E-state index in [0.717, 1.165) is 13.0 Å². The lowest BCUT2D eigenvalue weighted by Crippen LogP contribution is -1.99. The molecule has 4 nitrogen and oxygen atoms in total. The summed E-state index contributed by atoms with van der Waals surface area (Å²) in [4.78, 5) is 3.94. The van der Waals surface area contributed by atoms with E-state index in [4.69, 9.17) is 9.52 Å². The summed E-state index contributed by atoms with van der Waals surface area (Å²) in [5.41, 5.74) is 0.559. The molecule has 1 aromatic rings. The highest BCUT2D eigenvalue weighted by Gasteiger charge is 1.99. The summed E-state index contributed by atoms with van der Waals surface area (Å²) in [6.45, 7) is 2.82. The number of aliphatic hydroxyl groups is 1. The molecular formula is C7H12N2O2. The Morgan fingerprint density at radius 2 is 2.55 bits per heavy atom. The van der Waals surface area contributed by atoms with Crippen molar-refractivity contribution in [2.75, 3.05) is 11.9 Å². The molecule has 0 fully saturated rings. The molecule has 0 aromatic carbocycles. The van der Waals surface area contributed by atoms with E-state index in [9.17, 15) is 0 Å². The largest absolute Gasteiger partial charge is 0.432 e. The van der Waals surface area contributed by atoms with Crippen molar-refractivity contribution in [2.45, 2.75) is 20.0 Å². The topological polar surface area (TPSA) is 58.3 Å². The van der Waals surface area contributed by atoms with Crippen LogP contribution in [0.5, 0.6) is 0 Å². The van der Waals surface area contributed by atoms with Crippen molar-refractivity contribution >= 4 is 6.01 Å². The quantitative estimate of drug-likeness (QED) is 0.682. The zero-order chi connectivity index (χ0) is 8.10. The molecule has 11 heavy (non-hydrogen) atoms. The number of hydrogen-bond acceptors (Lipinski definition) is 4. The lowest BCUT2D eigenvalue weighted by molar-refractivity contribution is 0.276. The third-order valence-electron chi connectivity index (χ3n) is 1.24. The molecule has 2 N–H and O–H groups in total. The second-order valence-corrected chi connectivity index (χ2v) is 2.23. The number of nitrogens with zero attached hydrogens (tertiary/aromatic N) is 1. The number of hydrogen-bond donors (Lipinski definition) is 2. The van der Waals surface area contributed by atoms with Gasteiger partial charge in [-0.05, 0) is 6.42 Å². The van der Waals surface area contributed by atoms with Gasteiger partial charge in [-0.15, -0.1) is 0 Å². The van der Waals surface area contributed by atoms with Crippen LogP contribution in [0, 0.1) is 0 Å². The molecule has 0 radical (unpaired) electrons. The standard InChI is InChI=1S/C7H12N2O2/c1-2-3-8-7-9-6(4-10)5-11-7/h5,10H,2-4H2,1H3,(H,8,9). The molecule has 0 saturated heterocycles. The van der Waals surface area contributed by atoms with Crippen LogP contribution in [0.15, 0.2) is 10.7 Å². The van der Waals surface area contributed by atoms with Gasteiger partial charge in [-0.3, -0.25) is 0 Å². The van der Waals surface area contributed by atoms with Crippen LogP contribution in [-0.4, -0.2) is 16.6 Å². The lowest BCUT2D eigenvalue weighted by atomic mass is 10.5. The molecule has 0 aliphatic rings.